The maximum atomic E-state index is 6.00. The summed E-state index contributed by atoms with van der Waals surface area (Å²) in [5.74, 6) is 0.935. The summed E-state index contributed by atoms with van der Waals surface area (Å²) >= 11 is 0. The second-order valence-electron chi connectivity index (χ2n) is 6.29. The third-order valence-corrected chi connectivity index (χ3v) is 4.48. The molecule has 1 aromatic rings. The highest BCUT2D eigenvalue weighted by molar-refractivity contribution is 5.32. The van der Waals surface area contributed by atoms with Crippen LogP contribution in [0.4, 0.5) is 0 Å². The van der Waals surface area contributed by atoms with Crippen molar-refractivity contribution in [3.05, 3.63) is 29.8 Å². The summed E-state index contributed by atoms with van der Waals surface area (Å²) < 4.78 is 11.8. The summed E-state index contributed by atoms with van der Waals surface area (Å²) in [5, 5.41) is 3.48. The van der Waals surface area contributed by atoms with E-state index >= 15 is 0 Å². The molecule has 0 aromatic heterocycles. The smallest absolute Gasteiger partial charge is 0.120 e. The molecule has 0 bridgehead atoms. The lowest BCUT2D eigenvalue weighted by Crippen LogP contribution is -2.46. The van der Waals surface area contributed by atoms with E-state index in [0.29, 0.717) is 0 Å². The Bertz CT molecular complexity index is 439. The van der Waals surface area contributed by atoms with Crippen molar-refractivity contribution in [2.45, 2.75) is 63.7 Å². The van der Waals surface area contributed by atoms with Crippen LogP contribution in [0, 0.1) is 0 Å². The topological polar surface area (TPSA) is 30.5 Å². The lowest BCUT2D eigenvalue weighted by Gasteiger charge is -2.42. The molecular formula is C18H29NO2. The summed E-state index contributed by atoms with van der Waals surface area (Å²) in [6.07, 6.45) is 6.23. The number of ether oxygens (including phenoxy) is 2. The van der Waals surface area contributed by atoms with E-state index in [2.05, 4.69) is 37.4 Å². The minimum Gasteiger partial charge on any atom is -0.491 e. The second-order valence-corrected chi connectivity index (χ2v) is 6.29. The summed E-state index contributed by atoms with van der Waals surface area (Å²) in [6.45, 7) is 4.11. The van der Waals surface area contributed by atoms with Crippen LogP contribution >= 0.6 is 0 Å². The molecule has 0 heterocycles. The molecule has 1 aromatic carbocycles. The predicted octanol–water partition coefficient (Wildman–Crippen LogP) is 4.08. The normalized spacial score (nSPS) is 19.5. The Morgan fingerprint density at radius 3 is 2.43 bits per heavy atom. The molecule has 1 atom stereocenters. The van der Waals surface area contributed by atoms with Crippen LogP contribution in [-0.4, -0.2) is 25.9 Å². The minimum absolute atomic E-state index is 0.0938. The average Bonchev–Trinajstić information content (AvgIpc) is 2.48. The van der Waals surface area contributed by atoms with Crippen LogP contribution in [0.3, 0.4) is 0 Å². The average molecular weight is 291 g/mol. The van der Waals surface area contributed by atoms with Gasteiger partial charge in [0.25, 0.3) is 0 Å². The van der Waals surface area contributed by atoms with Crippen LogP contribution in [0.2, 0.25) is 0 Å². The van der Waals surface area contributed by atoms with E-state index in [1.807, 2.05) is 20.2 Å². The molecule has 1 aliphatic rings. The van der Waals surface area contributed by atoms with Gasteiger partial charge in [-0.3, -0.25) is 0 Å². The fraction of sp³-hybridized carbons (Fsp3) is 0.667. The fourth-order valence-electron chi connectivity index (χ4n) is 3.53. The van der Waals surface area contributed by atoms with Crippen molar-refractivity contribution >= 4 is 0 Å². The van der Waals surface area contributed by atoms with Gasteiger partial charge in [0.15, 0.2) is 0 Å². The van der Waals surface area contributed by atoms with Crippen LogP contribution in [0.15, 0.2) is 24.3 Å². The molecule has 1 fully saturated rings. The maximum absolute atomic E-state index is 6.00. The van der Waals surface area contributed by atoms with Gasteiger partial charge in [-0.25, -0.2) is 0 Å². The highest BCUT2D eigenvalue weighted by Gasteiger charge is 2.40. The third kappa shape index (κ3) is 3.78. The zero-order chi connectivity index (χ0) is 15.3. The van der Waals surface area contributed by atoms with Crippen molar-refractivity contribution in [2.75, 3.05) is 14.2 Å². The number of rotatable bonds is 6. The van der Waals surface area contributed by atoms with Gasteiger partial charge in [-0.05, 0) is 51.4 Å². The number of likely N-dealkylation sites (N-methyl/N-ethyl adjacent to an activating group) is 1. The number of benzene rings is 1. The highest BCUT2D eigenvalue weighted by Crippen LogP contribution is 2.41. The van der Waals surface area contributed by atoms with Crippen molar-refractivity contribution in [1.82, 2.24) is 5.32 Å². The molecule has 1 unspecified atom stereocenters. The van der Waals surface area contributed by atoms with E-state index < -0.39 is 0 Å². The van der Waals surface area contributed by atoms with Gasteiger partial charge in [-0.15, -0.1) is 0 Å². The van der Waals surface area contributed by atoms with Crippen LogP contribution in [-0.2, 0) is 4.74 Å². The SMILES string of the molecule is CNC(c1cccc(OC(C)C)c1)C1(OC)CCCCC1. The zero-order valence-corrected chi connectivity index (χ0v) is 13.8. The Morgan fingerprint density at radius 2 is 1.86 bits per heavy atom. The molecule has 0 amide bonds. The molecule has 0 radical (unpaired) electrons. The van der Waals surface area contributed by atoms with Gasteiger partial charge in [0, 0.05) is 7.11 Å². The van der Waals surface area contributed by atoms with Gasteiger partial charge in [0.1, 0.15) is 5.75 Å². The molecule has 0 spiro atoms. The molecule has 0 aliphatic heterocycles. The lowest BCUT2D eigenvalue weighted by molar-refractivity contribution is -0.0671. The largest absolute Gasteiger partial charge is 0.491 e. The summed E-state index contributed by atoms with van der Waals surface area (Å²) in [5.41, 5.74) is 1.16. The monoisotopic (exact) mass is 291 g/mol. The quantitative estimate of drug-likeness (QED) is 0.856. The third-order valence-electron chi connectivity index (χ3n) is 4.48. The summed E-state index contributed by atoms with van der Waals surface area (Å²) in [6, 6.07) is 8.62. The molecular weight excluding hydrogens is 262 g/mol. The molecule has 3 nitrogen and oxygen atoms in total. The molecule has 118 valence electrons. The van der Waals surface area contributed by atoms with Crippen LogP contribution < -0.4 is 10.1 Å². The maximum Gasteiger partial charge on any atom is 0.120 e. The van der Waals surface area contributed by atoms with E-state index in [1.165, 1.54) is 24.8 Å². The van der Waals surface area contributed by atoms with E-state index in [9.17, 15) is 0 Å². The minimum atomic E-state index is -0.0938. The summed E-state index contributed by atoms with van der Waals surface area (Å²) in [7, 11) is 3.88. The van der Waals surface area contributed by atoms with E-state index in [-0.39, 0.29) is 17.7 Å². The molecule has 2 rings (SSSR count). The second kappa shape index (κ2) is 7.28. The van der Waals surface area contributed by atoms with E-state index in [1.54, 1.807) is 0 Å². The van der Waals surface area contributed by atoms with Crippen molar-refractivity contribution in [3.63, 3.8) is 0 Å². The fourth-order valence-corrected chi connectivity index (χ4v) is 3.53. The number of nitrogens with one attached hydrogen (secondary N) is 1. The Kier molecular flexibility index (Phi) is 5.65. The first-order valence-electron chi connectivity index (χ1n) is 8.10. The Morgan fingerprint density at radius 1 is 1.14 bits per heavy atom. The Labute approximate surface area is 129 Å². The van der Waals surface area contributed by atoms with Crippen molar-refractivity contribution in [3.8, 4) is 5.75 Å². The van der Waals surface area contributed by atoms with Crippen molar-refractivity contribution in [2.24, 2.45) is 0 Å². The standard InChI is InChI=1S/C18H29NO2/c1-14(2)21-16-10-8-9-15(13-16)17(19-3)18(20-4)11-6-5-7-12-18/h8-10,13-14,17,19H,5-7,11-12H2,1-4H3. The molecule has 1 aliphatic carbocycles. The Hall–Kier alpha value is -1.06. The van der Waals surface area contributed by atoms with Crippen molar-refractivity contribution in [1.29, 1.82) is 0 Å². The van der Waals surface area contributed by atoms with Crippen molar-refractivity contribution < 1.29 is 9.47 Å². The van der Waals surface area contributed by atoms with Crippen LogP contribution in [0.1, 0.15) is 57.6 Å². The van der Waals surface area contributed by atoms with Crippen LogP contribution in [0.5, 0.6) is 5.75 Å². The van der Waals surface area contributed by atoms with Gasteiger partial charge in [0.2, 0.25) is 0 Å². The molecule has 1 N–H and O–H groups in total. The van der Waals surface area contributed by atoms with Gasteiger partial charge in [-0.2, -0.15) is 0 Å². The molecule has 21 heavy (non-hydrogen) atoms. The van der Waals surface area contributed by atoms with Gasteiger partial charge in [-0.1, -0.05) is 31.4 Å². The van der Waals surface area contributed by atoms with Gasteiger partial charge in [0.05, 0.1) is 17.7 Å². The van der Waals surface area contributed by atoms with E-state index in [4.69, 9.17) is 9.47 Å². The Balaban J connectivity index is 2.27. The highest BCUT2D eigenvalue weighted by atomic mass is 16.5. The first-order valence-corrected chi connectivity index (χ1v) is 8.10. The first-order chi connectivity index (χ1) is 10.1. The number of hydrogen-bond donors (Lipinski definition) is 1. The number of methoxy groups -OCH3 is 1. The molecule has 0 saturated heterocycles. The molecule has 3 heteroatoms. The van der Waals surface area contributed by atoms with Crippen LogP contribution in [0.25, 0.3) is 0 Å². The van der Waals surface area contributed by atoms with Gasteiger partial charge < -0.3 is 14.8 Å². The summed E-state index contributed by atoms with van der Waals surface area (Å²) in [4.78, 5) is 0. The lowest BCUT2D eigenvalue weighted by atomic mass is 9.76. The van der Waals surface area contributed by atoms with E-state index in [0.717, 1.165) is 18.6 Å². The first kappa shape index (κ1) is 16.3. The zero-order valence-electron chi connectivity index (χ0n) is 13.8. The molecule has 1 saturated carbocycles. The number of hydrogen-bond acceptors (Lipinski definition) is 3. The van der Waals surface area contributed by atoms with Gasteiger partial charge >= 0.3 is 0 Å². The predicted molar refractivity (Wildman–Crippen MR) is 86.8 cm³/mol.